The summed E-state index contributed by atoms with van der Waals surface area (Å²) in [5.74, 6) is 0.515. The number of carbonyl (C=O) groups excluding carboxylic acids is 2. The molecule has 2 amide bonds. The van der Waals surface area contributed by atoms with Gasteiger partial charge in [-0.3, -0.25) is 9.59 Å². The summed E-state index contributed by atoms with van der Waals surface area (Å²) in [6.07, 6.45) is 1.14. The summed E-state index contributed by atoms with van der Waals surface area (Å²) in [4.78, 5) is 29.9. The lowest BCUT2D eigenvalue weighted by atomic mass is 9.82. The molecule has 4 aromatic carbocycles. The Morgan fingerprint density at radius 1 is 0.939 bits per heavy atom. The Bertz CT molecular complexity index is 1900. The Hall–Kier alpha value is -4.57. The number of carbonyl (C=O) groups is 2. The van der Waals surface area contributed by atoms with Gasteiger partial charge in [0.1, 0.15) is 5.75 Å². The molecule has 1 spiro atoms. The molecular weight excluding hydrogens is 631 g/mol. The number of rotatable bonds is 9. The van der Waals surface area contributed by atoms with Crippen LogP contribution in [0.5, 0.6) is 5.75 Å². The fourth-order valence-corrected chi connectivity index (χ4v) is 12.4. The average molecular weight is 674 g/mol. The Labute approximate surface area is 289 Å². The Morgan fingerprint density at radius 3 is 2.41 bits per heavy atom. The van der Waals surface area contributed by atoms with Gasteiger partial charge in [-0.15, -0.1) is 0 Å². The van der Waals surface area contributed by atoms with E-state index in [0.29, 0.717) is 31.5 Å². The van der Waals surface area contributed by atoms with Crippen molar-refractivity contribution < 1.29 is 24.2 Å². The minimum atomic E-state index is -2.26. The predicted molar refractivity (Wildman–Crippen MR) is 195 cm³/mol. The Kier molecular flexibility index (Phi) is 8.77. The van der Waals surface area contributed by atoms with Crippen molar-refractivity contribution in [3.63, 3.8) is 0 Å². The van der Waals surface area contributed by atoms with Gasteiger partial charge in [-0.05, 0) is 53.4 Å². The summed E-state index contributed by atoms with van der Waals surface area (Å²) in [5.41, 5.74) is 4.02. The maximum absolute atomic E-state index is 14.9. The van der Waals surface area contributed by atoms with E-state index in [2.05, 4.69) is 32.2 Å². The predicted octanol–water partition coefficient (Wildman–Crippen LogP) is 6.37. The first-order valence-corrected chi connectivity index (χ1v) is 20.2. The third-order valence-corrected chi connectivity index (χ3v) is 15.2. The average Bonchev–Trinajstić information content (AvgIpc) is 3.55. The number of fused-ring (bicyclic) bond motifs is 2. The monoisotopic (exact) mass is 673 g/mol. The number of methoxy groups -OCH3 is 1. The number of para-hydroxylation sites is 1. The third-order valence-electron chi connectivity index (χ3n) is 10.8. The highest BCUT2D eigenvalue weighted by Crippen LogP contribution is 2.60. The van der Waals surface area contributed by atoms with E-state index in [0.717, 1.165) is 33.8 Å². The lowest BCUT2D eigenvalue weighted by molar-refractivity contribution is -0.146. The van der Waals surface area contributed by atoms with E-state index >= 15 is 0 Å². The van der Waals surface area contributed by atoms with E-state index in [4.69, 9.17) is 14.6 Å². The van der Waals surface area contributed by atoms with Crippen LogP contribution in [-0.4, -0.2) is 50.5 Å². The molecule has 0 radical (unpaired) electrons. The smallest absolute Gasteiger partial charge is 0.264 e. The number of anilines is 2. The van der Waals surface area contributed by atoms with E-state index in [-0.39, 0.29) is 36.0 Å². The van der Waals surface area contributed by atoms with Gasteiger partial charge in [-0.1, -0.05) is 98.0 Å². The third kappa shape index (κ3) is 5.59. The molecule has 8 nitrogen and oxygen atoms in total. The van der Waals surface area contributed by atoms with Gasteiger partial charge < -0.3 is 19.5 Å². The van der Waals surface area contributed by atoms with E-state index in [1.165, 1.54) is 10.2 Å². The van der Waals surface area contributed by atoms with Crippen LogP contribution in [0.25, 0.3) is 0 Å². The van der Waals surface area contributed by atoms with Gasteiger partial charge in [0.15, 0.2) is 5.60 Å². The first kappa shape index (κ1) is 32.9. The maximum Gasteiger partial charge on any atom is 0.264 e. The molecule has 3 aliphatic heterocycles. The highest BCUT2D eigenvalue weighted by atomic mass is 28.3. The molecule has 49 heavy (non-hydrogen) atoms. The molecule has 0 aromatic heterocycles. The van der Waals surface area contributed by atoms with Crippen LogP contribution < -0.4 is 19.8 Å². The van der Waals surface area contributed by atoms with Gasteiger partial charge in [0.25, 0.3) is 5.91 Å². The summed E-state index contributed by atoms with van der Waals surface area (Å²) in [7, 11) is -0.596. The molecule has 3 aliphatic rings. The van der Waals surface area contributed by atoms with E-state index in [1.807, 2.05) is 95.9 Å². The molecule has 3 heterocycles. The number of hydrazone groups is 1. The standard InChI is InChI=1S/C40H43N3O5Si/c1-27-38(49(3,4)32-19-17-31(47-2)18-20-32)36(23-24-44)48-40(27)33-15-8-9-16-35(33)42(39(40)46)26-28-11-10-14-30(25-28)43-37(45)22-21-34(41-43)29-12-6-5-7-13-29/h5-20,25,27,36,38,44H,21-24,26H2,1-4H3/t27-,36+,38-,40+/m1/s1. The van der Waals surface area contributed by atoms with Crippen molar-refractivity contribution in [1.29, 1.82) is 0 Å². The van der Waals surface area contributed by atoms with Crippen molar-refractivity contribution in [2.45, 2.75) is 63.1 Å². The number of aliphatic hydroxyl groups is 1. The molecule has 0 aliphatic carbocycles. The molecule has 7 rings (SSSR count). The van der Waals surface area contributed by atoms with Gasteiger partial charge in [0, 0.05) is 30.9 Å². The summed E-state index contributed by atoms with van der Waals surface area (Å²) in [6.45, 7) is 7.12. The van der Waals surface area contributed by atoms with Gasteiger partial charge in [-0.25, -0.2) is 5.01 Å². The molecule has 4 aromatic rings. The molecule has 0 saturated carbocycles. The maximum atomic E-state index is 14.9. The normalized spacial score (nSPS) is 23.6. The fraction of sp³-hybridized carbons (Fsp3) is 0.325. The largest absolute Gasteiger partial charge is 0.497 e. The summed E-state index contributed by atoms with van der Waals surface area (Å²) >= 11 is 0. The number of aliphatic hydroxyl groups excluding tert-OH is 1. The Balaban J connectivity index is 1.22. The zero-order valence-electron chi connectivity index (χ0n) is 28.5. The van der Waals surface area contributed by atoms with Crippen molar-refractivity contribution >= 4 is 42.2 Å². The van der Waals surface area contributed by atoms with Crippen LogP contribution in [0.4, 0.5) is 11.4 Å². The second-order valence-corrected chi connectivity index (χ2v) is 18.6. The Morgan fingerprint density at radius 2 is 1.67 bits per heavy atom. The second kappa shape index (κ2) is 13.0. The van der Waals surface area contributed by atoms with E-state index in [9.17, 15) is 14.7 Å². The fourth-order valence-electron chi connectivity index (χ4n) is 8.38. The number of hydrogen-bond donors (Lipinski definition) is 1. The molecule has 0 bridgehead atoms. The van der Waals surface area contributed by atoms with Gasteiger partial charge in [-0.2, -0.15) is 5.10 Å². The molecule has 252 valence electrons. The van der Waals surface area contributed by atoms with Crippen LogP contribution in [0.15, 0.2) is 108 Å². The zero-order valence-corrected chi connectivity index (χ0v) is 29.5. The van der Waals surface area contributed by atoms with Crippen LogP contribution in [0.1, 0.15) is 42.9 Å². The topological polar surface area (TPSA) is 91.7 Å². The van der Waals surface area contributed by atoms with Gasteiger partial charge >= 0.3 is 0 Å². The van der Waals surface area contributed by atoms with Gasteiger partial charge in [0.2, 0.25) is 5.91 Å². The minimum Gasteiger partial charge on any atom is -0.497 e. The van der Waals surface area contributed by atoms with Crippen LogP contribution in [0, 0.1) is 5.92 Å². The van der Waals surface area contributed by atoms with Gasteiger partial charge in [0.05, 0.1) is 44.9 Å². The lowest BCUT2D eigenvalue weighted by Gasteiger charge is -2.37. The quantitative estimate of drug-likeness (QED) is 0.209. The number of hydrogen-bond acceptors (Lipinski definition) is 6. The van der Waals surface area contributed by atoms with Crippen molar-refractivity contribution in [2.75, 3.05) is 23.6 Å². The molecule has 9 heteroatoms. The van der Waals surface area contributed by atoms with E-state index in [1.54, 1.807) is 7.11 Å². The molecule has 0 unspecified atom stereocenters. The summed E-state index contributed by atoms with van der Waals surface area (Å²) in [6, 6.07) is 33.9. The highest BCUT2D eigenvalue weighted by Gasteiger charge is 2.66. The minimum absolute atomic E-state index is 0.0207. The van der Waals surface area contributed by atoms with Crippen molar-refractivity contribution in [3.8, 4) is 5.75 Å². The first-order valence-electron chi connectivity index (χ1n) is 17.1. The van der Waals surface area contributed by atoms with Crippen LogP contribution in [0.3, 0.4) is 0 Å². The lowest BCUT2D eigenvalue weighted by Crippen LogP contribution is -2.51. The number of ether oxygens (including phenoxy) is 2. The SMILES string of the molecule is COc1ccc([Si](C)(C)[C@H]2[C@H](CCO)O[C@@]3(C(=O)N(Cc4cccc(N5N=C(c6ccccc6)CCC5=O)c4)c4ccccc43)[C@@H]2C)cc1. The molecule has 1 N–H and O–H groups in total. The molecule has 4 atom stereocenters. The molecule has 1 fully saturated rings. The first-order chi connectivity index (χ1) is 23.7. The van der Waals surface area contributed by atoms with Crippen LogP contribution in [-0.2, 0) is 26.5 Å². The molecule has 1 saturated heterocycles. The van der Waals surface area contributed by atoms with Crippen molar-refractivity contribution in [2.24, 2.45) is 11.0 Å². The van der Waals surface area contributed by atoms with Crippen molar-refractivity contribution in [3.05, 3.63) is 120 Å². The second-order valence-electron chi connectivity index (χ2n) is 13.9. The van der Waals surface area contributed by atoms with Crippen LogP contribution in [0.2, 0.25) is 18.6 Å². The van der Waals surface area contributed by atoms with Crippen molar-refractivity contribution in [1.82, 2.24) is 0 Å². The van der Waals surface area contributed by atoms with E-state index < -0.39 is 13.7 Å². The number of amides is 2. The highest BCUT2D eigenvalue weighted by molar-refractivity contribution is 6.91. The summed E-state index contributed by atoms with van der Waals surface area (Å²) in [5, 5.41) is 17.7. The number of benzene rings is 4. The zero-order chi connectivity index (χ0) is 34.3. The molecular formula is C40H43N3O5Si. The number of nitrogens with zero attached hydrogens (tertiary/aromatic N) is 3. The van der Waals surface area contributed by atoms with Crippen LogP contribution >= 0.6 is 0 Å². The summed E-state index contributed by atoms with van der Waals surface area (Å²) < 4.78 is 12.4.